The molecule has 0 aliphatic carbocycles. The highest BCUT2D eigenvalue weighted by Crippen LogP contribution is 2.34. The highest BCUT2D eigenvalue weighted by molar-refractivity contribution is 7.85. The first-order valence-electron chi connectivity index (χ1n) is 8.48. The molecular formula is C19H24O5S. The molecule has 2 rings (SSSR count). The Morgan fingerprint density at radius 1 is 0.960 bits per heavy atom. The number of rotatable bonds is 9. The molecule has 0 amide bonds. The lowest BCUT2D eigenvalue weighted by Gasteiger charge is -2.13. The molecule has 0 bridgehead atoms. The summed E-state index contributed by atoms with van der Waals surface area (Å²) < 4.78 is 37.8. The van der Waals surface area contributed by atoms with E-state index in [2.05, 4.69) is 6.92 Å². The Hall–Kier alpha value is -2.05. The zero-order valence-electron chi connectivity index (χ0n) is 14.3. The second-order valence-electron chi connectivity index (χ2n) is 5.98. The summed E-state index contributed by atoms with van der Waals surface area (Å²) in [7, 11) is -4.32. The number of benzene rings is 2. The van der Waals surface area contributed by atoms with Crippen molar-refractivity contribution in [3.05, 3.63) is 48.0 Å². The summed E-state index contributed by atoms with van der Waals surface area (Å²) in [6.45, 7) is 2.16. The van der Waals surface area contributed by atoms with Crippen molar-refractivity contribution in [2.75, 3.05) is 0 Å². The van der Waals surface area contributed by atoms with Crippen LogP contribution in [0.4, 0.5) is 0 Å². The van der Waals surface area contributed by atoms with E-state index in [1.807, 2.05) is 0 Å². The van der Waals surface area contributed by atoms with Gasteiger partial charge in [-0.15, -0.1) is 0 Å². The number of aromatic hydroxyl groups is 1. The SMILES string of the molecule is CCCCCCCc1ccc(S(=O)(=O)O)cc1Oc1ccccc1O. The summed E-state index contributed by atoms with van der Waals surface area (Å²) in [6, 6.07) is 10.8. The third-order valence-electron chi connectivity index (χ3n) is 3.97. The van der Waals surface area contributed by atoms with Crippen molar-refractivity contribution in [2.45, 2.75) is 50.3 Å². The quantitative estimate of drug-likeness (QED) is 0.486. The van der Waals surface area contributed by atoms with Crippen molar-refractivity contribution in [1.82, 2.24) is 0 Å². The summed E-state index contributed by atoms with van der Waals surface area (Å²) in [5, 5.41) is 9.87. The number of phenols is 1. The van der Waals surface area contributed by atoms with Crippen LogP contribution in [0.5, 0.6) is 17.2 Å². The van der Waals surface area contributed by atoms with E-state index in [-0.39, 0.29) is 16.4 Å². The third kappa shape index (κ3) is 5.76. The average molecular weight is 364 g/mol. The fourth-order valence-corrected chi connectivity index (χ4v) is 3.07. The first-order chi connectivity index (χ1) is 11.9. The maximum Gasteiger partial charge on any atom is 0.294 e. The number of hydrogen-bond donors (Lipinski definition) is 2. The summed E-state index contributed by atoms with van der Waals surface area (Å²) in [5.41, 5.74) is 0.840. The van der Waals surface area contributed by atoms with E-state index in [4.69, 9.17) is 4.74 Å². The van der Waals surface area contributed by atoms with Crippen molar-refractivity contribution in [3.63, 3.8) is 0 Å². The van der Waals surface area contributed by atoms with Crippen LogP contribution < -0.4 is 4.74 Å². The normalized spacial score (nSPS) is 11.4. The lowest BCUT2D eigenvalue weighted by molar-refractivity contribution is 0.407. The standard InChI is InChI=1S/C19H24O5S/c1-2-3-4-5-6-9-15-12-13-16(25(21,22)23)14-19(15)24-18-11-8-7-10-17(18)20/h7-8,10-14,20H,2-6,9H2,1H3,(H,21,22,23). The van der Waals surface area contributed by atoms with Crippen LogP contribution in [0.1, 0.15) is 44.6 Å². The number of unbranched alkanes of at least 4 members (excludes halogenated alkanes) is 4. The number of aryl methyl sites for hydroxylation is 1. The fourth-order valence-electron chi connectivity index (χ4n) is 2.58. The Labute approximate surface area is 149 Å². The van der Waals surface area contributed by atoms with Crippen LogP contribution in [0.2, 0.25) is 0 Å². The van der Waals surface area contributed by atoms with Gasteiger partial charge in [-0.25, -0.2) is 0 Å². The lowest BCUT2D eigenvalue weighted by Crippen LogP contribution is -2.01. The molecule has 0 unspecified atom stereocenters. The van der Waals surface area contributed by atoms with Gasteiger partial charge < -0.3 is 9.84 Å². The van der Waals surface area contributed by atoms with Gasteiger partial charge in [-0.2, -0.15) is 8.42 Å². The highest BCUT2D eigenvalue weighted by atomic mass is 32.2. The van der Waals surface area contributed by atoms with Gasteiger partial charge in [-0.1, -0.05) is 50.8 Å². The predicted molar refractivity (Wildman–Crippen MR) is 96.9 cm³/mol. The van der Waals surface area contributed by atoms with Gasteiger partial charge in [0.2, 0.25) is 0 Å². The van der Waals surface area contributed by atoms with Crippen LogP contribution in [0, 0.1) is 0 Å². The van der Waals surface area contributed by atoms with Crippen LogP contribution in [0.15, 0.2) is 47.4 Å². The molecule has 6 heteroatoms. The molecule has 0 aliphatic heterocycles. The van der Waals surface area contributed by atoms with Crippen LogP contribution in [0.3, 0.4) is 0 Å². The maximum atomic E-state index is 11.4. The minimum Gasteiger partial charge on any atom is -0.504 e. The summed E-state index contributed by atoms with van der Waals surface area (Å²) >= 11 is 0. The molecule has 0 spiro atoms. The van der Waals surface area contributed by atoms with Crippen molar-refractivity contribution in [1.29, 1.82) is 0 Å². The number of ether oxygens (including phenoxy) is 1. The van der Waals surface area contributed by atoms with Crippen molar-refractivity contribution in [2.24, 2.45) is 0 Å². The molecule has 25 heavy (non-hydrogen) atoms. The Bertz CT molecular complexity index is 799. The molecule has 5 nitrogen and oxygen atoms in total. The lowest BCUT2D eigenvalue weighted by atomic mass is 10.0. The van der Waals surface area contributed by atoms with E-state index < -0.39 is 10.1 Å². The monoisotopic (exact) mass is 364 g/mol. The average Bonchev–Trinajstić information content (AvgIpc) is 2.57. The second-order valence-corrected chi connectivity index (χ2v) is 7.40. The van der Waals surface area contributed by atoms with Crippen molar-refractivity contribution >= 4 is 10.1 Å². The van der Waals surface area contributed by atoms with Gasteiger partial charge >= 0.3 is 0 Å². The smallest absolute Gasteiger partial charge is 0.294 e. The topological polar surface area (TPSA) is 83.8 Å². The van der Waals surface area contributed by atoms with Gasteiger partial charge in [0.15, 0.2) is 11.5 Å². The molecule has 2 aromatic rings. The summed E-state index contributed by atoms with van der Waals surface area (Å²) in [4.78, 5) is -0.229. The van der Waals surface area contributed by atoms with E-state index >= 15 is 0 Å². The van der Waals surface area contributed by atoms with Crippen LogP contribution >= 0.6 is 0 Å². The molecule has 136 valence electrons. The molecule has 0 aromatic heterocycles. The van der Waals surface area contributed by atoms with Crippen LogP contribution in [0.25, 0.3) is 0 Å². The molecule has 0 saturated heterocycles. The van der Waals surface area contributed by atoms with Gasteiger partial charge in [0.1, 0.15) is 5.75 Å². The van der Waals surface area contributed by atoms with E-state index in [9.17, 15) is 18.1 Å². The van der Waals surface area contributed by atoms with Gasteiger partial charge in [0, 0.05) is 6.07 Å². The molecule has 0 atom stereocenters. The zero-order chi connectivity index (χ0) is 18.3. The van der Waals surface area contributed by atoms with Gasteiger partial charge in [0.05, 0.1) is 4.90 Å². The summed E-state index contributed by atoms with van der Waals surface area (Å²) in [5.74, 6) is 0.531. The van der Waals surface area contributed by atoms with Gasteiger partial charge in [-0.05, 0) is 36.6 Å². The first-order valence-corrected chi connectivity index (χ1v) is 9.92. The molecule has 2 N–H and O–H groups in total. The first kappa shape index (κ1) is 19.3. The molecule has 2 aromatic carbocycles. The molecule has 0 fully saturated rings. The van der Waals surface area contributed by atoms with E-state index in [0.29, 0.717) is 5.75 Å². The zero-order valence-corrected chi connectivity index (χ0v) is 15.1. The Balaban J connectivity index is 2.24. The van der Waals surface area contributed by atoms with E-state index in [1.165, 1.54) is 31.0 Å². The minimum atomic E-state index is -4.32. The molecule has 0 heterocycles. The van der Waals surface area contributed by atoms with Gasteiger partial charge in [-0.3, -0.25) is 4.55 Å². The molecular weight excluding hydrogens is 340 g/mol. The molecule has 0 saturated carbocycles. The third-order valence-corrected chi connectivity index (χ3v) is 4.82. The minimum absolute atomic E-state index is 0.0337. The van der Waals surface area contributed by atoms with Gasteiger partial charge in [0.25, 0.3) is 10.1 Å². The molecule has 0 aliphatic rings. The highest BCUT2D eigenvalue weighted by Gasteiger charge is 2.15. The predicted octanol–water partition coefficient (Wildman–Crippen LogP) is 4.94. The number of hydrogen-bond acceptors (Lipinski definition) is 4. The maximum absolute atomic E-state index is 11.4. The Morgan fingerprint density at radius 2 is 1.68 bits per heavy atom. The Kier molecular flexibility index (Phi) is 6.84. The second kappa shape index (κ2) is 8.87. The van der Waals surface area contributed by atoms with Crippen LogP contribution in [-0.4, -0.2) is 18.1 Å². The summed E-state index contributed by atoms with van der Waals surface area (Å²) in [6.07, 6.45) is 6.31. The number of phenolic OH excluding ortho intramolecular Hbond substituents is 1. The van der Waals surface area contributed by atoms with Crippen molar-refractivity contribution in [3.8, 4) is 17.2 Å². The van der Waals surface area contributed by atoms with Crippen molar-refractivity contribution < 1.29 is 22.8 Å². The fraction of sp³-hybridized carbons (Fsp3) is 0.368. The van der Waals surface area contributed by atoms with Crippen LogP contribution in [-0.2, 0) is 16.5 Å². The van der Waals surface area contributed by atoms with E-state index in [1.54, 1.807) is 24.3 Å². The molecule has 0 radical (unpaired) electrons. The Morgan fingerprint density at radius 3 is 2.36 bits per heavy atom. The number of para-hydroxylation sites is 2. The largest absolute Gasteiger partial charge is 0.504 e. The van der Waals surface area contributed by atoms with E-state index in [0.717, 1.165) is 31.2 Å².